The van der Waals surface area contributed by atoms with Gasteiger partial charge in [-0.25, -0.2) is 24.3 Å². The standard InChI is InChI=1S/2C5H5.2ClH.V/c2*1-2-4-5-3-1;;;/h2*1-3H,4H2;2*1H;/q2*-1;;;+2. The van der Waals surface area contributed by atoms with Crippen LogP contribution in [0.3, 0.4) is 0 Å². The molecule has 0 aromatic rings. The van der Waals surface area contributed by atoms with Crippen molar-refractivity contribution in [2.75, 3.05) is 0 Å². The van der Waals surface area contributed by atoms with Gasteiger partial charge in [-0.2, -0.15) is 12.2 Å². The van der Waals surface area contributed by atoms with Gasteiger partial charge in [-0.15, -0.1) is 37.7 Å². The van der Waals surface area contributed by atoms with E-state index in [1.54, 1.807) is 0 Å². The van der Waals surface area contributed by atoms with E-state index in [1.165, 1.54) is 0 Å². The van der Waals surface area contributed by atoms with Gasteiger partial charge in [-0.05, 0) is 0 Å². The molecule has 2 aliphatic carbocycles. The van der Waals surface area contributed by atoms with Gasteiger partial charge < -0.3 is 0 Å². The van der Waals surface area contributed by atoms with E-state index in [2.05, 4.69) is 24.3 Å². The summed E-state index contributed by atoms with van der Waals surface area (Å²) in [4.78, 5) is 0. The summed E-state index contributed by atoms with van der Waals surface area (Å²) in [6.45, 7) is 0. The van der Waals surface area contributed by atoms with E-state index < -0.39 is 0 Å². The molecular weight excluding hydrogens is 242 g/mol. The Morgan fingerprint density at radius 3 is 1.23 bits per heavy atom. The van der Waals surface area contributed by atoms with Crippen LogP contribution in [0, 0.1) is 12.2 Å². The molecule has 0 amide bonds. The van der Waals surface area contributed by atoms with Gasteiger partial charge in [0.1, 0.15) is 0 Å². The summed E-state index contributed by atoms with van der Waals surface area (Å²) >= 11 is 0. The molecule has 0 saturated carbocycles. The zero-order valence-corrected chi connectivity index (χ0v) is 10.2. The smallest absolute Gasteiger partial charge is 0.273 e. The predicted molar refractivity (Wildman–Crippen MR) is 57.6 cm³/mol. The predicted octanol–water partition coefficient (Wildman–Crippen LogP) is 3.45. The summed E-state index contributed by atoms with van der Waals surface area (Å²) in [7, 11) is 0. The molecule has 0 fully saturated rings. The van der Waals surface area contributed by atoms with Gasteiger partial charge >= 0.3 is 18.6 Å². The first-order valence-electron chi connectivity index (χ1n) is 3.43. The minimum atomic E-state index is 0. The molecule has 2 rings (SSSR count). The first-order valence-corrected chi connectivity index (χ1v) is 3.43. The third-order valence-corrected chi connectivity index (χ3v) is 1.17. The Labute approximate surface area is 105 Å². The second-order valence-electron chi connectivity index (χ2n) is 2.01. The van der Waals surface area contributed by atoms with Crippen LogP contribution in [0.1, 0.15) is 12.8 Å². The summed E-state index contributed by atoms with van der Waals surface area (Å²) in [5.74, 6) is 0. The molecule has 2 aliphatic rings. The summed E-state index contributed by atoms with van der Waals surface area (Å²) < 4.78 is 0. The molecular formula is C10H12Cl2V. The van der Waals surface area contributed by atoms with E-state index in [4.69, 9.17) is 0 Å². The Morgan fingerprint density at radius 2 is 1.15 bits per heavy atom. The van der Waals surface area contributed by atoms with Crippen LogP contribution in [0.25, 0.3) is 0 Å². The summed E-state index contributed by atoms with van der Waals surface area (Å²) in [6.07, 6.45) is 20.0. The zero-order valence-electron chi connectivity index (χ0n) is 7.14. The Balaban J connectivity index is -0.000000125. The first kappa shape index (κ1) is 18.8. The van der Waals surface area contributed by atoms with Crippen molar-refractivity contribution in [3.63, 3.8) is 0 Å². The second kappa shape index (κ2) is 14.6. The van der Waals surface area contributed by atoms with E-state index in [9.17, 15) is 0 Å². The van der Waals surface area contributed by atoms with Crippen LogP contribution in [-0.2, 0) is 18.6 Å². The van der Waals surface area contributed by atoms with E-state index in [1.807, 2.05) is 24.3 Å². The van der Waals surface area contributed by atoms with Crippen LogP contribution in [0.15, 0.2) is 36.5 Å². The normalized spacial score (nSPS) is 13.5. The van der Waals surface area contributed by atoms with Gasteiger partial charge in [0.05, 0.1) is 0 Å². The average Bonchev–Trinajstić information content (AvgIpc) is 2.67. The molecule has 0 aromatic heterocycles. The van der Waals surface area contributed by atoms with Crippen molar-refractivity contribution in [1.29, 1.82) is 0 Å². The molecule has 0 N–H and O–H groups in total. The molecule has 0 atom stereocenters. The fourth-order valence-corrected chi connectivity index (χ4v) is 0.680. The SMILES string of the molecule is Cl.Cl.[C-]1=CC=CC1.[C-]1=CC=CC1.[V+2]. The summed E-state index contributed by atoms with van der Waals surface area (Å²) in [5, 5.41) is 0. The van der Waals surface area contributed by atoms with E-state index in [-0.39, 0.29) is 43.4 Å². The maximum atomic E-state index is 2.99. The summed E-state index contributed by atoms with van der Waals surface area (Å²) in [6, 6.07) is 0. The van der Waals surface area contributed by atoms with Crippen LogP contribution < -0.4 is 0 Å². The Hall–Kier alpha value is 0.124. The van der Waals surface area contributed by atoms with Crippen molar-refractivity contribution in [3.05, 3.63) is 48.6 Å². The molecule has 1 radical (unpaired) electrons. The van der Waals surface area contributed by atoms with Gasteiger partial charge in [-0.3, -0.25) is 12.2 Å². The van der Waals surface area contributed by atoms with E-state index in [0.717, 1.165) is 12.8 Å². The van der Waals surface area contributed by atoms with E-state index in [0.29, 0.717) is 0 Å². The van der Waals surface area contributed by atoms with Crippen molar-refractivity contribution in [2.24, 2.45) is 0 Å². The van der Waals surface area contributed by atoms with Gasteiger partial charge in [0.2, 0.25) is 0 Å². The number of rotatable bonds is 0. The fourth-order valence-electron chi connectivity index (χ4n) is 0.680. The number of allylic oxidation sites excluding steroid dienone is 8. The molecule has 0 nitrogen and oxygen atoms in total. The van der Waals surface area contributed by atoms with Gasteiger partial charge in [0.15, 0.2) is 0 Å². The minimum Gasteiger partial charge on any atom is -0.273 e. The monoisotopic (exact) mass is 253 g/mol. The van der Waals surface area contributed by atoms with Crippen molar-refractivity contribution in [2.45, 2.75) is 12.8 Å². The number of halogens is 2. The molecule has 3 heteroatoms. The third kappa shape index (κ3) is 12.1. The van der Waals surface area contributed by atoms with Gasteiger partial charge in [0.25, 0.3) is 0 Å². The molecule has 13 heavy (non-hydrogen) atoms. The van der Waals surface area contributed by atoms with Crippen LogP contribution in [-0.4, -0.2) is 0 Å². The van der Waals surface area contributed by atoms with Crippen LogP contribution in [0.5, 0.6) is 0 Å². The molecule has 0 saturated heterocycles. The quantitative estimate of drug-likeness (QED) is 0.581. The van der Waals surface area contributed by atoms with Crippen LogP contribution in [0.4, 0.5) is 0 Å². The maximum absolute atomic E-state index is 2.99. The van der Waals surface area contributed by atoms with Crippen molar-refractivity contribution in [3.8, 4) is 0 Å². The molecule has 0 aromatic carbocycles. The second-order valence-corrected chi connectivity index (χ2v) is 2.01. The Morgan fingerprint density at radius 1 is 0.769 bits per heavy atom. The molecule has 0 spiro atoms. The summed E-state index contributed by atoms with van der Waals surface area (Å²) in [5.41, 5.74) is 0. The molecule has 0 unspecified atom stereocenters. The van der Waals surface area contributed by atoms with Crippen molar-refractivity contribution < 1.29 is 18.6 Å². The number of hydrogen-bond acceptors (Lipinski definition) is 0. The van der Waals surface area contributed by atoms with Crippen LogP contribution in [0.2, 0.25) is 0 Å². The number of hydrogen-bond donors (Lipinski definition) is 0. The molecule has 71 valence electrons. The average molecular weight is 254 g/mol. The molecule has 0 bridgehead atoms. The van der Waals surface area contributed by atoms with Crippen molar-refractivity contribution >= 4 is 24.8 Å². The zero-order chi connectivity index (χ0) is 7.07. The van der Waals surface area contributed by atoms with Gasteiger partial charge in [-0.1, -0.05) is 0 Å². The molecule has 0 aliphatic heterocycles. The molecule has 0 heterocycles. The fraction of sp³-hybridized carbons (Fsp3) is 0.200. The Kier molecular flexibility index (Phi) is 21.2. The minimum absolute atomic E-state index is 0. The topological polar surface area (TPSA) is 0 Å². The first-order chi connectivity index (χ1) is 5.00. The van der Waals surface area contributed by atoms with E-state index >= 15 is 0 Å². The van der Waals surface area contributed by atoms with Crippen molar-refractivity contribution in [1.82, 2.24) is 0 Å². The largest absolute Gasteiger partial charge is 2.00 e. The van der Waals surface area contributed by atoms with Crippen LogP contribution >= 0.6 is 24.8 Å². The Bertz CT molecular complexity index is 151. The third-order valence-electron chi connectivity index (χ3n) is 1.17. The maximum Gasteiger partial charge on any atom is 2.00 e. The van der Waals surface area contributed by atoms with Gasteiger partial charge in [0, 0.05) is 0 Å².